The van der Waals surface area contributed by atoms with Gasteiger partial charge in [0.05, 0.1) is 31.7 Å². The van der Waals surface area contributed by atoms with Crippen LogP contribution in [0.25, 0.3) is 0 Å². The second-order valence-corrected chi connectivity index (χ2v) is 4.57. The molecule has 0 spiro atoms. The van der Waals surface area contributed by atoms with Gasteiger partial charge in [-0.15, -0.1) is 0 Å². The predicted molar refractivity (Wildman–Crippen MR) is 80.6 cm³/mol. The van der Waals surface area contributed by atoms with Crippen LogP contribution < -0.4 is 10.1 Å². The first-order valence-corrected chi connectivity index (χ1v) is 6.55. The van der Waals surface area contributed by atoms with Gasteiger partial charge in [0.25, 0.3) is 0 Å². The molecule has 21 heavy (non-hydrogen) atoms. The first kappa shape index (κ1) is 14.8. The van der Waals surface area contributed by atoms with Gasteiger partial charge in [-0.25, -0.2) is 4.79 Å². The third kappa shape index (κ3) is 3.51. The Morgan fingerprint density at radius 1 is 1.19 bits per heavy atom. The van der Waals surface area contributed by atoms with Crippen molar-refractivity contribution in [3.63, 3.8) is 0 Å². The summed E-state index contributed by atoms with van der Waals surface area (Å²) in [7, 11) is 3.00. The summed E-state index contributed by atoms with van der Waals surface area (Å²) in [4.78, 5) is 16.0. The number of benzene rings is 1. The first-order valence-electron chi connectivity index (χ1n) is 6.55. The molecule has 0 saturated carbocycles. The van der Waals surface area contributed by atoms with Gasteiger partial charge in [-0.2, -0.15) is 0 Å². The fourth-order valence-corrected chi connectivity index (χ4v) is 2.01. The molecule has 0 fully saturated rings. The maximum Gasteiger partial charge on any atom is 0.340 e. The molecule has 0 aliphatic rings. The van der Waals surface area contributed by atoms with Crippen LogP contribution >= 0.6 is 0 Å². The molecule has 1 heterocycles. The van der Waals surface area contributed by atoms with E-state index < -0.39 is 0 Å². The van der Waals surface area contributed by atoms with Crippen LogP contribution in [0.2, 0.25) is 0 Å². The lowest BCUT2D eigenvalue weighted by Crippen LogP contribution is -2.10. The molecular formula is C16H18N2O3. The van der Waals surface area contributed by atoms with Crippen LogP contribution in [-0.2, 0) is 11.3 Å². The lowest BCUT2D eigenvalue weighted by atomic mass is 10.1. The molecule has 2 rings (SSSR count). The van der Waals surface area contributed by atoms with Gasteiger partial charge in [-0.1, -0.05) is 12.1 Å². The molecule has 0 bridgehead atoms. The molecule has 0 amide bonds. The Morgan fingerprint density at radius 2 is 1.90 bits per heavy atom. The monoisotopic (exact) mass is 286 g/mol. The zero-order valence-corrected chi connectivity index (χ0v) is 12.3. The summed E-state index contributed by atoms with van der Waals surface area (Å²) < 4.78 is 9.94. The molecule has 0 aliphatic carbocycles. The second-order valence-electron chi connectivity index (χ2n) is 4.57. The quantitative estimate of drug-likeness (QED) is 0.856. The number of aromatic nitrogens is 1. The van der Waals surface area contributed by atoms with Gasteiger partial charge in [0, 0.05) is 12.7 Å². The number of nitrogens with one attached hydrogen (secondary N) is 1. The highest BCUT2D eigenvalue weighted by Gasteiger charge is 2.15. The minimum absolute atomic E-state index is 0.368. The van der Waals surface area contributed by atoms with Gasteiger partial charge in [-0.3, -0.25) is 4.98 Å². The van der Waals surface area contributed by atoms with E-state index in [1.165, 1.54) is 7.11 Å². The highest BCUT2D eigenvalue weighted by molar-refractivity contribution is 5.96. The van der Waals surface area contributed by atoms with E-state index in [-0.39, 0.29) is 5.97 Å². The molecule has 5 nitrogen and oxygen atoms in total. The summed E-state index contributed by atoms with van der Waals surface area (Å²) in [6.45, 7) is 2.41. The molecule has 0 aliphatic heterocycles. The van der Waals surface area contributed by atoms with Crippen molar-refractivity contribution in [1.29, 1.82) is 0 Å². The number of carbonyl (C=O) groups excluding carboxylic acids is 1. The number of ether oxygens (including phenoxy) is 2. The number of rotatable bonds is 5. The molecule has 0 saturated heterocycles. The summed E-state index contributed by atoms with van der Waals surface area (Å²) in [5.74, 6) is 0.443. The number of carbonyl (C=O) groups is 1. The Bertz CT molecular complexity index is 624. The minimum atomic E-state index is -0.368. The standard InChI is InChI=1S/C16H18N2O3/c1-11-8-17-10-14(15(11)16(19)21-3)18-9-12-4-6-13(20-2)7-5-12/h4-8,10,18H,9H2,1-3H3. The molecule has 1 aromatic carbocycles. The van der Waals surface area contributed by atoms with E-state index in [4.69, 9.17) is 9.47 Å². The van der Waals surface area contributed by atoms with E-state index in [9.17, 15) is 4.79 Å². The molecule has 0 atom stereocenters. The SMILES string of the molecule is COC(=O)c1c(C)cncc1NCc1ccc(OC)cc1. The molecule has 110 valence electrons. The van der Waals surface area contributed by atoms with E-state index in [1.54, 1.807) is 19.5 Å². The lowest BCUT2D eigenvalue weighted by molar-refractivity contribution is 0.0601. The number of esters is 1. The summed E-state index contributed by atoms with van der Waals surface area (Å²) in [5, 5.41) is 3.22. The van der Waals surface area contributed by atoms with E-state index in [2.05, 4.69) is 10.3 Å². The van der Waals surface area contributed by atoms with Crippen molar-refractivity contribution in [3.05, 3.63) is 53.3 Å². The molecule has 5 heteroatoms. The Hall–Kier alpha value is -2.56. The molecule has 0 unspecified atom stereocenters. The normalized spacial score (nSPS) is 10.0. The van der Waals surface area contributed by atoms with Gasteiger partial charge in [0.1, 0.15) is 5.75 Å². The lowest BCUT2D eigenvalue weighted by Gasteiger charge is -2.12. The van der Waals surface area contributed by atoms with Crippen molar-refractivity contribution in [1.82, 2.24) is 4.98 Å². The van der Waals surface area contributed by atoms with E-state index in [0.717, 1.165) is 16.9 Å². The largest absolute Gasteiger partial charge is 0.497 e. The molecule has 2 aromatic rings. The molecule has 1 aromatic heterocycles. The summed E-state index contributed by atoms with van der Waals surface area (Å²) >= 11 is 0. The Morgan fingerprint density at radius 3 is 2.52 bits per heavy atom. The van der Waals surface area contributed by atoms with Crippen molar-refractivity contribution < 1.29 is 14.3 Å². The molecule has 1 N–H and O–H groups in total. The van der Waals surface area contributed by atoms with Gasteiger partial charge < -0.3 is 14.8 Å². The highest BCUT2D eigenvalue weighted by atomic mass is 16.5. The van der Waals surface area contributed by atoms with Crippen LogP contribution in [0, 0.1) is 6.92 Å². The number of nitrogens with zero attached hydrogens (tertiary/aromatic N) is 1. The minimum Gasteiger partial charge on any atom is -0.497 e. The number of hydrogen-bond acceptors (Lipinski definition) is 5. The maximum atomic E-state index is 11.8. The van der Waals surface area contributed by atoms with E-state index in [1.807, 2.05) is 31.2 Å². The average molecular weight is 286 g/mol. The fraction of sp³-hybridized carbons (Fsp3) is 0.250. The summed E-state index contributed by atoms with van der Waals surface area (Å²) in [6, 6.07) is 7.72. The van der Waals surface area contributed by atoms with E-state index in [0.29, 0.717) is 17.8 Å². The number of aryl methyl sites for hydroxylation is 1. The summed E-state index contributed by atoms with van der Waals surface area (Å²) in [6.07, 6.45) is 3.27. The number of methoxy groups -OCH3 is 2. The number of hydrogen-bond donors (Lipinski definition) is 1. The van der Waals surface area contributed by atoms with Crippen molar-refractivity contribution in [2.45, 2.75) is 13.5 Å². The van der Waals surface area contributed by atoms with Crippen molar-refractivity contribution >= 4 is 11.7 Å². The van der Waals surface area contributed by atoms with Crippen molar-refractivity contribution in [2.24, 2.45) is 0 Å². The van der Waals surface area contributed by atoms with Gasteiger partial charge in [0.15, 0.2) is 0 Å². The maximum absolute atomic E-state index is 11.8. The van der Waals surface area contributed by atoms with Crippen molar-refractivity contribution in [3.8, 4) is 5.75 Å². The smallest absolute Gasteiger partial charge is 0.340 e. The Labute approximate surface area is 123 Å². The third-order valence-corrected chi connectivity index (χ3v) is 3.17. The zero-order valence-electron chi connectivity index (χ0n) is 12.3. The van der Waals surface area contributed by atoms with Crippen LogP contribution in [-0.4, -0.2) is 25.2 Å². The highest BCUT2D eigenvalue weighted by Crippen LogP contribution is 2.20. The van der Waals surface area contributed by atoms with Gasteiger partial charge in [0.2, 0.25) is 0 Å². The second kappa shape index (κ2) is 6.74. The molecule has 0 radical (unpaired) electrons. The average Bonchev–Trinajstić information content (AvgIpc) is 2.52. The van der Waals surface area contributed by atoms with Gasteiger partial charge >= 0.3 is 5.97 Å². The fourth-order valence-electron chi connectivity index (χ4n) is 2.01. The third-order valence-electron chi connectivity index (χ3n) is 3.17. The Kier molecular flexibility index (Phi) is 4.77. The predicted octanol–water partition coefficient (Wildman–Crippen LogP) is 2.80. The van der Waals surface area contributed by atoms with Crippen LogP contribution in [0.4, 0.5) is 5.69 Å². The van der Waals surface area contributed by atoms with E-state index >= 15 is 0 Å². The summed E-state index contributed by atoms with van der Waals surface area (Å²) in [5.41, 5.74) is 3.04. The van der Waals surface area contributed by atoms with Crippen LogP contribution in [0.5, 0.6) is 5.75 Å². The number of pyridine rings is 1. The van der Waals surface area contributed by atoms with Gasteiger partial charge in [-0.05, 0) is 30.2 Å². The molecular weight excluding hydrogens is 268 g/mol. The first-order chi connectivity index (χ1) is 10.2. The van der Waals surface area contributed by atoms with Crippen LogP contribution in [0.15, 0.2) is 36.7 Å². The van der Waals surface area contributed by atoms with Crippen LogP contribution in [0.3, 0.4) is 0 Å². The Balaban J connectivity index is 2.15. The topological polar surface area (TPSA) is 60.5 Å². The van der Waals surface area contributed by atoms with Crippen molar-refractivity contribution in [2.75, 3.05) is 19.5 Å². The van der Waals surface area contributed by atoms with Crippen LogP contribution in [0.1, 0.15) is 21.5 Å². The number of anilines is 1. The zero-order chi connectivity index (χ0) is 15.2.